The first kappa shape index (κ1) is 13.7. The van der Waals surface area contributed by atoms with Gasteiger partial charge in [0.15, 0.2) is 0 Å². The Labute approximate surface area is 114 Å². The first-order valence-corrected chi connectivity index (χ1v) is 6.63. The summed E-state index contributed by atoms with van der Waals surface area (Å²) in [4.78, 5) is 11.9. The number of furan rings is 1. The molecule has 1 atom stereocenters. The van der Waals surface area contributed by atoms with E-state index < -0.39 is 0 Å². The van der Waals surface area contributed by atoms with Gasteiger partial charge in [-0.3, -0.25) is 4.79 Å². The minimum absolute atomic E-state index is 0.00230. The van der Waals surface area contributed by atoms with Gasteiger partial charge in [-0.25, -0.2) is 0 Å². The number of rotatable bonds is 3. The third-order valence-electron chi connectivity index (χ3n) is 2.94. The number of carbonyl (C=O) groups excluding carboxylic acids is 1. The van der Waals surface area contributed by atoms with Crippen LogP contribution in [0.5, 0.6) is 0 Å². The molecule has 0 bridgehead atoms. The summed E-state index contributed by atoms with van der Waals surface area (Å²) in [5, 5.41) is 4.05. The van der Waals surface area contributed by atoms with E-state index in [4.69, 9.17) is 4.42 Å². The molecular weight excluding hydrogens is 238 g/mol. The van der Waals surface area contributed by atoms with Gasteiger partial charge in [-0.05, 0) is 24.5 Å². The van der Waals surface area contributed by atoms with Crippen LogP contribution in [0.3, 0.4) is 0 Å². The topological polar surface area (TPSA) is 42.2 Å². The van der Waals surface area contributed by atoms with E-state index in [1.165, 1.54) is 0 Å². The Morgan fingerprint density at radius 2 is 2.00 bits per heavy atom. The van der Waals surface area contributed by atoms with Crippen LogP contribution in [0.4, 0.5) is 0 Å². The maximum Gasteiger partial charge on any atom is 0.221 e. The summed E-state index contributed by atoms with van der Waals surface area (Å²) >= 11 is 0. The third kappa shape index (κ3) is 3.60. The van der Waals surface area contributed by atoms with Crippen molar-refractivity contribution >= 4 is 16.9 Å². The zero-order chi connectivity index (χ0) is 14.0. The lowest BCUT2D eigenvalue weighted by molar-refractivity contribution is -0.123. The number of para-hydroxylation sites is 1. The van der Waals surface area contributed by atoms with E-state index in [0.29, 0.717) is 6.42 Å². The molecule has 1 aromatic heterocycles. The average Bonchev–Trinajstić information content (AvgIpc) is 2.69. The summed E-state index contributed by atoms with van der Waals surface area (Å²) in [6.45, 7) is 8.10. The van der Waals surface area contributed by atoms with E-state index in [1.54, 1.807) is 0 Å². The van der Waals surface area contributed by atoms with Crippen molar-refractivity contribution in [1.82, 2.24) is 5.32 Å². The van der Waals surface area contributed by atoms with E-state index in [2.05, 4.69) is 26.1 Å². The van der Waals surface area contributed by atoms with E-state index in [-0.39, 0.29) is 17.4 Å². The number of amides is 1. The highest BCUT2D eigenvalue weighted by molar-refractivity contribution is 5.79. The van der Waals surface area contributed by atoms with Crippen molar-refractivity contribution in [3.8, 4) is 0 Å². The first-order chi connectivity index (χ1) is 8.85. The Kier molecular flexibility index (Phi) is 3.65. The minimum Gasteiger partial charge on any atom is -0.459 e. The third-order valence-corrected chi connectivity index (χ3v) is 2.94. The fraction of sp³-hybridized carbons (Fsp3) is 0.438. The lowest BCUT2D eigenvalue weighted by Gasteiger charge is -2.19. The van der Waals surface area contributed by atoms with E-state index in [0.717, 1.165) is 16.7 Å². The van der Waals surface area contributed by atoms with Crippen molar-refractivity contribution in [3.05, 3.63) is 36.1 Å². The molecule has 1 aromatic carbocycles. The Bertz CT molecular complexity index is 545. The standard InChI is InChI=1S/C16H21NO2/c1-11(17-15(18)10-16(2,3)4)14-9-12-7-5-6-8-13(12)19-14/h5-9,11H,10H2,1-4H3,(H,17,18). The van der Waals surface area contributed by atoms with Gasteiger partial charge in [0, 0.05) is 11.8 Å². The lowest BCUT2D eigenvalue weighted by atomic mass is 9.92. The molecule has 0 aliphatic carbocycles. The van der Waals surface area contributed by atoms with Crippen LogP contribution in [0.1, 0.15) is 45.9 Å². The molecule has 0 saturated heterocycles. The summed E-state index contributed by atoms with van der Waals surface area (Å²) in [7, 11) is 0. The van der Waals surface area contributed by atoms with E-state index >= 15 is 0 Å². The smallest absolute Gasteiger partial charge is 0.221 e. The van der Waals surface area contributed by atoms with Crippen LogP contribution in [-0.2, 0) is 4.79 Å². The van der Waals surface area contributed by atoms with Crippen LogP contribution in [0.2, 0.25) is 0 Å². The van der Waals surface area contributed by atoms with Gasteiger partial charge in [0.05, 0.1) is 6.04 Å². The van der Waals surface area contributed by atoms with Gasteiger partial charge in [0.2, 0.25) is 5.91 Å². The summed E-state index contributed by atoms with van der Waals surface area (Å²) in [5.41, 5.74) is 0.854. The Morgan fingerprint density at radius 1 is 1.32 bits per heavy atom. The maximum absolute atomic E-state index is 11.9. The number of fused-ring (bicyclic) bond motifs is 1. The summed E-state index contributed by atoms with van der Waals surface area (Å²) in [5.74, 6) is 0.851. The number of benzene rings is 1. The molecule has 0 spiro atoms. The number of nitrogens with one attached hydrogen (secondary N) is 1. The maximum atomic E-state index is 11.9. The molecule has 0 radical (unpaired) electrons. The van der Waals surface area contributed by atoms with E-state index in [1.807, 2.05) is 37.3 Å². The summed E-state index contributed by atoms with van der Waals surface area (Å²) < 4.78 is 5.75. The van der Waals surface area contributed by atoms with Crippen molar-refractivity contribution in [2.75, 3.05) is 0 Å². The lowest BCUT2D eigenvalue weighted by Crippen LogP contribution is -2.29. The van der Waals surface area contributed by atoms with Crippen molar-refractivity contribution in [2.24, 2.45) is 5.41 Å². The minimum atomic E-state index is -0.109. The predicted molar refractivity (Wildman–Crippen MR) is 76.8 cm³/mol. The Balaban J connectivity index is 2.07. The second-order valence-corrected chi connectivity index (χ2v) is 6.21. The quantitative estimate of drug-likeness (QED) is 0.903. The van der Waals surface area contributed by atoms with Crippen LogP contribution < -0.4 is 5.32 Å². The van der Waals surface area contributed by atoms with Crippen molar-refractivity contribution in [1.29, 1.82) is 0 Å². The largest absolute Gasteiger partial charge is 0.459 e. The summed E-state index contributed by atoms with van der Waals surface area (Å²) in [6, 6.07) is 9.73. The highest BCUT2D eigenvalue weighted by Crippen LogP contribution is 2.24. The molecule has 1 heterocycles. The normalized spacial score (nSPS) is 13.5. The summed E-state index contributed by atoms with van der Waals surface area (Å²) in [6.07, 6.45) is 0.511. The average molecular weight is 259 g/mol. The number of hydrogen-bond donors (Lipinski definition) is 1. The number of hydrogen-bond acceptors (Lipinski definition) is 2. The van der Waals surface area contributed by atoms with Crippen LogP contribution in [-0.4, -0.2) is 5.91 Å². The molecule has 0 fully saturated rings. The monoisotopic (exact) mass is 259 g/mol. The molecule has 1 N–H and O–H groups in total. The highest BCUT2D eigenvalue weighted by Gasteiger charge is 2.19. The first-order valence-electron chi connectivity index (χ1n) is 6.63. The van der Waals surface area contributed by atoms with Gasteiger partial charge < -0.3 is 9.73 Å². The van der Waals surface area contributed by atoms with Gasteiger partial charge in [-0.15, -0.1) is 0 Å². The molecule has 19 heavy (non-hydrogen) atoms. The molecule has 2 aromatic rings. The zero-order valence-electron chi connectivity index (χ0n) is 12.0. The van der Waals surface area contributed by atoms with Gasteiger partial charge in [-0.1, -0.05) is 39.0 Å². The number of carbonyl (C=O) groups is 1. The van der Waals surface area contributed by atoms with Gasteiger partial charge in [0.25, 0.3) is 0 Å². The van der Waals surface area contributed by atoms with Crippen molar-refractivity contribution in [3.63, 3.8) is 0 Å². The highest BCUT2D eigenvalue weighted by atomic mass is 16.3. The Morgan fingerprint density at radius 3 is 2.63 bits per heavy atom. The second kappa shape index (κ2) is 5.08. The zero-order valence-corrected chi connectivity index (χ0v) is 12.0. The molecule has 0 aliphatic heterocycles. The molecule has 1 amide bonds. The van der Waals surface area contributed by atoms with Gasteiger partial charge in [0.1, 0.15) is 11.3 Å². The fourth-order valence-corrected chi connectivity index (χ4v) is 2.06. The SMILES string of the molecule is CC(NC(=O)CC(C)(C)C)c1cc2ccccc2o1. The van der Waals surface area contributed by atoms with Gasteiger partial charge >= 0.3 is 0 Å². The molecule has 3 heteroatoms. The molecule has 102 valence electrons. The molecular formula is C16H21NO2. The predicted octanol–water partition coefficient (Wildman–Crippen LogP) is 4.05. The van der Waals surface area contributed by atoms with Crippen LogP contribution in [0, 0.1) is 5.41 Å². The van der Waals surface area contributed by atoms with Crippen molar-refractivity contribution < 1.29 is 9.21 Å². The van der Waals surface area contributed by atoms with Gasteiger partial charge in [-0.2, -0.15) is 0 Å². The van der Waals surface area contributed by atoms with E-state index in [9.17, 15) is 4.79 Å². The molecule has 2 rings (SSSR count). The van der Waals surface area contributed by atoms with Crippen LogP contribution in [0.25, 0.3) is 11.0 Å². The molecule has 1 unspecified atom stereocenters. The van der Waals surface area contributed by atoms with Crippen LogP contribution in [0.15, 0.2) is 34.7 Å². The molecule has 3 nitrogen and oxygen atoms in total. The fourth-order valence-electron chi connectivity index (χ4n) is 2.06. The second-order valence-electron chi connectivity index (χ2n) is 6.21. The molecule has 0 aliphatic rings. The molecule has 0 saturated carbocycles. The Hall–Kier alpha value is -1.77. The van der Waals surface area contributed by atoms with Crippen molar-refractivity contribution in [2.45, 2.75) is 40.2 Å². The van der Waals surface area contributed by atoms with Crippen LogP contribution >= 0.6 is 0 Å².